The molecule has 41 heavy (non-hydrogen) atoms. The molecule has 0 atom stereocenters. The molecule has 208 valence electrons. The average Bonchev–Trinajstić information content (AvgIpc) is 3.03. The first-order valence-electron chi connectivity index (χ1n) is 13.9. The molecule has 1 aliphatic rings. The minimum Gasteiger partial charge on any atom is -0.497 e. The first kappa shape index (κ1) is 27.5. The maximum absolute atomic E-state index is 13.6. The van der Waals surface area contributed by atoms with Crippen molar-refractivity contribution >= 4 is 28.9 Å². The fourth-order valence-electron chi connectivity index (χ4n) is 5.16. The molecule has 1 aliphatic carbocycles. The number of nitrogens with one attached hydrogen (secondary N) is 3. The molecule has 3 aromatic carbocycles. The van der Waals surface area contributed by atoms with Crippen molar-refractivity contribution in [2.75, 3.05) is 22.6 Å². The Balaban J connectivity index is 1.28. The number of nitriles is 1. The van der Waals surface area contributed by atoms with Crippen LogP contribution in [0, 0.1) is 11.3 Å². The van der Waals surface area contributed by atoms with Crippen molar-refractivity contribution in [1.29, 1.82) is 5.26 Å². The highest BCUT2D eigenvalue weighted by molar-refractivity contribution is 5.93. The van der Waals surface area contributed by atoms with E-state index in [0.29, 0.717) is 12.1 Å². The number of pyridine rings is 1. The van der Waals surface area contributed by atoms with E-state index in [4.69, 9.17) is 10.00 Å². The quantitative estimate of drug-likeness (QED) is 0.212. The van der Waals surface area contributed by atoms with Crippen LogP contribution in [0.5, 0.6) is 5.75 Å². The third kappa shape index (κ3) is 7.34. The van der Waals surface area contributed by atoms with E-state index >= 15 is 0 Å². The first-order chi connectivity index (χ1) is 20.1. The van der Waals surface area contributed by atoms with Crippen LogP contribution in [0.1, 0.15) is 36.8 Å². The van der Waals surface area contributed by atoms with Crippen LogP contribution in [0.15, 0.2) is 97.2 Å². The van der Waals surface area contributed by atoms with E-state index in [1.807, 2.05) is 89.8 Å². The largest absolute Gasteiger partial charge is 0.497 e. The van der Waals surface area contributed by atoms with Crippen LogP contribution >= 0.6 is 0 Å². The van der Waals surface area contributed by atoms with Gasteiger partial charge in [-0.25, -0.2) is 9.78 Å². The number of ether oxygens (including phenoxy) is 1. The topological polar surface area (TPSA) is 102 Å². The lowest BCUT2D eigenvalue weighted by Crippen LogP contribution is -2.48. The average molecular weight is 547 g/mol. The number of nitrogens with zero attached hydrogens (tertiary/aromatic N) is 3. The maximum Gasteiger partial charge on any atom is 0.322 e. The molecule has 1 saturated carbocycles. The van der Waals surface area contributed by atoms with Gasteiger partial charge in [0.05, 0.1) is 12.7 Å². The lowest BCUT2D eigenvalue weighted by atomic mass is 9.90. The second kappa shape index (κ2) is 13.4. The zero-order chi connectivity index (χ0) is 28.4. The van der Waals surface area contributed by atoms with E-state index in [1.54, 1.807) is 19.4 Å². The van der Waals surface area contributed by atoms with Gasteiger partial charge in [-0.05, 0) is 79.8 Å². The molecule has 1 aromatic heterocycles. The first-order valence-corrected chi connectivity index (χ1v) is 13.9. The van der Waals surface area contributed by atoms with Gasteiger partial charge in [0.15, 0.2) is 0 Å². The van der Waals surface area contributed by atoms with Crippen molar-refractivity contribution in [3.8, 4) is 11.8 Å². The highest BCUT2D eigenvalue weighted by Gasteiger charge is 2.30. The zero-order valence-corrected chi connectivity index (χ0v) is 23.1. The predicted molar refractivity (Wildman–Crippen MR) is 162 cm³/mol. The number of benzene rings is 3. The van der Waals surface area contributed by atoms with Gasteiger partial charge in [0.1, 0.15) is 17.6 Å². The normalized spacial score (nSPS) is 16.2. The highest BCUT2D eigenvalue weighted by Crippen LogP contribution is 2.31. The Bertz CT molecular complexity index is 1460. The summed E-state index contributed by atoms with van der Waals surface area (Å²) < 4.78 is 5.33. The third-order valence-electron chi connectivity index (χ3n) is 7.32. The van der Waals surface area contributed by atoms with Gasteiger partial charge in [0.25, 0.3) is 0 Å². The van der Waals surface area contributed by atoms with Gasteiger partial charge >= 0.3 is 6.03 Å². The van der Waals surface area contributed by atoms with E-state index in [2.05, 4.69) is 27.0 Å². The summed E-state index contributed by atoms with van der Waals surface area (Å²) in [5.41, 5.74) is 4.31. The van der Waals surface area contributed by atoms with Crippen molar-refractivity contribution in [3.05, 3.63) is 108 Å². The van der Waals surface area contributed by atoms with Gasteiger partial charge in [-0.2, -0.15) is 5.26 Å². The minimum absolute atomic E-state index is 0.0648. The number of methoxy groups -OCH3 is 1. The minimum atomic E-state index is -0.104. The maximum atomic E-state index is 13.6. The molecule has 0 bridgehead atoms. The van der Waals surface area contributed by atoms with Gasteiger partial charge < -0.3 is 20.7 Å². The van der Waals surface area contributed by atoms with Crippen molar-refractivity contribution in [1.82, 2.24) is 10.3 Å². The Labute approximate surface area is 241 Å². The fraction of sp³-hybridized carbons (Fsp3) is 0.242. The molecule has 0 aliphatic heterocycles. The van der Waals surface area contributed by atoms with E-state index in [-0.39, 0.29) is 18.1 Å². The molecule has 2 amide bonds. The molecule has 0 spiro atoms. The summed E-state index contributed by atoms with van der Waals surface area (Å²) in [6.07, 6.45) is 5.11. The standard InChI is InChI=1S/C33H34N6O2/c1-41-31-9-5-8-28(20-31)37-26-11-15-29(16-12-26)39(33(40)36-22-24-6-3-2-4-7-24)30-17-13-27(14-18-30)38-32-19-10-25(21-34)23-35-32/h2-12,15-16,19-20,23,27,30,37H,13-14,17-18,22H2,1H3,(H,35,38)(H,36,40). The molecular weight excluding hydrogens is 512 g/mol. The second-order valence-corrected chi connectivity index (χ2v) is 10.1. The number of carbonyl (C=O) groups is 1. The summed E-state index contributed by atoms with van der Waals surface area (Å²) >= 11 is 0. The molecule has 0 radical (unpaired) electrons. The van der Waals surface area contributed by atoms with E-state index in [0.717, 1.165) is 59.9 Å². The Kier molecular flexibility index (Phi) is 8.97. The smallest absolute Gasteiger partial charge is 0.322 e. The SMILES string of the molecule is COc1cccc(Nc2ccc(N(C(=O)NCc3ccccc3)C3CCC(Nc4ccc(C#N)cn4)CC3)cc2)c1. The van der Waals surface area contributed by atoms with E-state index in [1.165, 1.54) is 0 Å². The number of amides is 2. The number of hydrogen-bond donors (Lipinski definition) is 3. The van der Waals surface area contributed by atoms with Crippen molar-refractivity contribution in [3.63, 3.8) is 0 Å². The van der Waals surface area contributed by atoms with Gasteiger partial charge in [0, 0.05) is 48.0 Å². The second-order valence-electron chi connectivity index (χ2n) is 10.1. The van der Waals surface area contributed by atoms with Gasteiger partial charge in [-0.1, -0.05) is 36.4 Å². The van der Waals surface area contributed by atoms with Crippen LogP contribution in [0.25, 0.3) is 0 Å². The predicted octanol–water partition coefficient (Wildman–Crippen LogP) is 6.84. The van der Waals surface area contributed by atoms with Gasteiger partial charge in [-0.15, -0.1) is 0 Å². The number of urea groups is 1. The highest BCUT2D eigenvalue weighted by atomic mass is 16.5. The number of hydrogen-bond acceptors (Lipinski definition) is 6. The molecule has 1 heterocycles. The molecule has 4 aromatic rings. The van der Waals surface area contributed by atoms with Crippen molar-refractivity contribution in [2.45, 2.75) is 44.3 Å². The summed E-state index contributed by atoms with van der Waals surface area (Å²) in [6.45, 7) is 0.465. The van der Waals surface area contributed by atoms with Crippen LogP contribution in [0.4, 0.5) is 27.7 Å². The summed E-state index contributed by atoms with van der Waals surface area (Å²) in [5.74, 6) is 1.55. The van der Waals surface area contributed by atoms with E-state index in [9.17, 15) is 4.79 Å². The lowest BCUT2D eigenvalue weighted by Gasteiger charge is -2.37. The molecule has 8 heteroatoms. The van der Waals surface area contributed by atoms with Crippen LogP contribution in [-0.2, 0) is 6.54 Å². The Hall–Kier alpha value is -5.03. The van der Waals surface area contributed by atoms with Crippen LogP contribution in [-0.4, -0.2) is 30.2 Å². The molecule has 1 fully saturated rings. The molecule has 3 N–H and O–H groups in total. The Morgan fingerprint density at radius 3 is 2.41 bits per heavy atom. The Morgan fingerprint density at radius 2 is 1.73 bits per heavy atom. The number of carbonyl (C=O) groups excluding carboxylic acids is 1. The lowest BCUT2D eigenvalue weighted by molar-refractivity contribution is 0.240. The van der Waals surface area contributed by atoms with E-state index < -0.39 is 0 Å². The number of rotatable bonds is 9. The number of anilines is 4. The third-order valence-corrected chi connectivity index (χ3v) is 7.32. The monoisotopic (exact) mass is 546 g/mol. The van der Waals surface area contributed by atoms with Crippen LogP contribution in [0.3, 0.4) is 0 Å². The van der Waals surface area contributed by atoms with Gasteiger partial charge in [-0.3, -0.25) is 4.90 Å². The molecular formula is C33H34N6O2. The van der Waals surface area contributed by atoms with Crippen LogP contribution in [0.2, 0.25) is 0 Å². The summed E-state index contributed by atoms with van der Waals surface area (Å²) in [6, 6.07) is 31.6. The summed E-state index contributed by atoms with van der Waals surface area (Å²) in [4.78, 5) is 19.9. The van der Waals surface area contributed by atoms with Crippen LogP contribution < -0.4 is 25.6 Å². The molecule has 8 nitrogen and oxygen atoms in total. The van der Waals surface area contributed by atoms with Crippen molar-refractivity contribution in [2.24, 2.45) is 0 Å². The zero-order valence-electron chi connectivity index (χ0n) is 23.1. The summed E-state index contributed by atoms with van der Waals surface area (Å²) in [5, 5.41) is 19.0. The Morgan fingerprint density at radius 1 is 0.951 bits per heavy atom. The fourth-order valence-corrected chi connectivity index (χ4v) is 5.16. The van der Waals surface area contributed by atoms with Crippen molar-refractivity contribution < 1.29 is 9.53 Å². The number of aromatic nitrogens is 1. The molecule has 5 rings (SSSR count). The molecule has 0 unspecified atom stereocenters. The summed E-state index contributed by atoms with van der Waals surface area (Å²) in [7, 11) is 1.65. The van der Waals surface area contributed by atoms with Gasteiger partial charge in [0.2, 0.25) is 0 Å². The molecule has 0 saturated heterocycles.